The van der Waals surface area contributed by atoms with Crippen molar-refractivity contribution in [2.24, 2.45) is 7.05 Å². The van der Waals surface area contributed by atoms with Crippen molar-refractivity contribution in [2.75, 3.05) is 0 Å². The minimum Gasteiger partial charge on any atom is -0.338 e. The summed E-state index contributed by atoms with van der Waals surface area (Å²) >= 11 is 3.47. The summed E-state index contributed by atoms with van der Waals surface area (Å²) in [6, 6.07) is 17.0. The number of carbonyl (C=O) groups is 1. The molecule has 7 heteroatoms. The van der Waals surface area contributed by atoms with Crippen LogP contribution in [0.1, 0.15) is 33.5 Å². The van der Waals surface area contributed by atoms with Crippen molar-refractivity contribution in [2.45, 2.75) is 13.0 Å². The molecule has 1 unspecified atom stereocenters. The summed E-state index contributed by atoms with van der Waals surface area (Å²) in [5.74, 6) is -0.0689. The zero-order chi connectivity index (χ0) is 22.0. The maximum Gasteiger partial charge on any atom is 0.253 e. The van der Waals surface area contributed by atoms with Crippen LogP contribution in [0.4, 0.5) is 4.39 Å². The zero-order valence-corrected chi connectivity index (χ0v) is 18.6. The Morgan fingerprint density at radius 2 is 1.94 bits per heavy atom. The van der Waals surface area contributed by atoms with Crippen LogP contribution in [0.25, 0.3) is 11.3 Å². The number of carbonyl (C=O) groups excluding carboxylic acids is 1. The third-order valence-electron chi connectivity index (χ3n) is 5.02. The third kappa shape index (κ3) is 4.56. The summed E-state index contributed by atoms with van der Waals surface area (Å²) in [4.78, 5) is 22.1. The third-order valence-corrected chi connectivity index (χ3v) is 5.52. The Morgan fingerprint density at radius 3 is 2.61 bits per heavy atom. The van der Waals surface area contributed by atoms with Crippen LogP contribution in [0.15, 0.2) is 77.5 Å². The molecule has 2 aromatic heterocycles. The summed E-state index contributed by atoms with van der Waals surface area (Å²) in [7, 11) is 1.83. The van der Waals surface area contributed by atoms with E-state index in [1.807, 2.05) is 37.4 Å². The predicted molar refractivity (Wildman–Crippen MR) is 121 cm³/mol. The lowest BCUT2D eigenvalue weighted by atomic mass is 10.0. The van der Waals surface area contributed by atoms with E-state index in [0.717, 1.165) is 15.7 Å². The molecule has 0 radical (unpaired) electrons. The van der Waals surface area contributed by atoms with E-state index in [4.69, 9.17) is 0 Å². The molecule has 2 aromatic carbocycles. The van der Waals surface area contributed by atoms with Crippen LogP contribution in [0.2, 0.25) is 0 Å². The van der Waals surface area contributed by atoms with Crippen LogP contribution >= 0.6 is 15.9 Å². The molecule has 0 aliphatic heterocycles. The summed E-state index contributed by atoms with van der Waals surface area (Å²) < 4.78 is 16.6. The van der Waals surface area contributed by atoms with E-state index in [1.165, 1.54) is 12.1 Å². The number of benzene rings is 2. The van der Waals surface area contributed by atoms with Crippen molar-refractivity contribution in [3.63, 3.8) is 0 Å². The van der Waals surface area contributed by atoms with E-state index in [1.54, 1.807) is 42.1 Å². The molecule has 156 valence electrons. The van der Waals surface area contributed by atoms with Gasteiger partial charge in [0.2, 0.25) is 0 Å². The van der Waals surface area contributed by atoms with E-state index in [9.17, 15) is 9.18 Å². The van der Waals surface area contributed by atoms with Crippen LogP contribution in [0, 0.1) is 12.7 Å². The van der Waals surface area contributed by atoms with Gasteiger partial charge in [0, 0.05) is 29.5 Å². The molecule has 4 rings (SSSR count). The molecule has 1 atom stereocenters. The molecule has 0 bridgehead atoms. The molecule has 0 fully saturated rings. The fourth-order valence-electron chi connectivity index (χ4n) is 3.46. The quantitative estimate of drug-likeness (QED) is 0.428. The smallest absolute Gasteiger partial charge is 0.253 e. The lowest BCUT2D eigenvalue weighted by molar-refractivity contribution is 0.0940. The number of rotatable bonds is 5. The lowest BCUT2D eigenvalue weighted by Gasteiger charge is -2.20. The fourth-order valence-corrected chi connectivity index (χ4v) is 3.86. The van der Waals surface area contributed by atoms with Crippen LogP contribution in [-0.2, 0) is 7.05 Å². The highest BCUT2D eigenvalue weighted by molar-refractivity contribution is 9.10. The summed E-state index contributed by atoms with van der Waals surface area (Å²) in [5, 5.41) is 2.99. The van der Waals surface area contributed by atoms with E-state index < -0.39 is 6.04 Å². The van der Waals surface area contributed by atoms with Crippen molar-refractivity contribution >= 4 is 21.8 Å². The van der Waals surface area contributed by atoms with Gasteiger partial charge in [0.15, 0.2) is 0 Å². The molecule has 0 spiro atoms. The van der Waals surface area contributed by atoms with Gasteiger partial charge in [-0.15, -0.1) is 0 Å². The number of hydrogen-bond acceptors (Lipinski definition) is 3. The number of aryl methyl sites for hydroxylation is 2. The van der Waals surface area contributed by atoms with Crippen LogP contribution < -0.4 is 5.32 Å². The number of nitrogens with zero attached hydrogens (tertiary/aromatic N) is 3. The summed E-state index contributed by atoms with van der Waals surface area (Å²) in [5.41, 5.74) is 3.40. The molecule has 5 nitrogen and oxygen atoms in total. The molecule has 1 N–H and O–H groups in total. The second-order valence-electron chi connectivity index (χ2n) is 7.20. The van der Waals surface area contributed by atoms with E-state index >= 15 is 0 Å². The number of aromatic nitrogens is 3. The van der Waals surface area contributed by atoms with Gasteiger partial charge in [0.25, 0.3) is 5.91 Å². The Kier molecular flexibility index (Phi) is 5.95. The van der Waals surface area contributed by atoms with Gasteiger partial charge in [-0.1, -0.05) is 40.2 Å². The molecule has 0 aliphatic rings. The van der Waals surface area contributed by atoms with Crippen LogP contribution in [-0.4, -0.2) is 20.4 Å². The molecule has 2 heterocycles. The minimum absolute atomic E-state index is 0.303. The second kappa shape index (κ2) is 8.81. The van der Waals surface area contributed by atoms with Crippen molar-refractivity contribution in [1.29, 1.82) is 0 Å². The fraction of sp³-hybridized carbons (Fsp3) is 0.125. The Labute approximate surface area is 188 Å². The van der Waals surface area contributed by atoms with Gasteiger partial charge in [0.1, 0.15) is 17.7 Å². The van der Waals surface area contributed by atoms with Gasteiger partial charge in [-0.3, -0.25) is 9.78 Å². The first-order chi connectivity index (χ1) is 14.9. The first kappa shape index (κ1) is 20.9. The maximum absolute atomic E-state index is 13.9. The number of imidazole rings is 1. The highest BCUT2D eigenvalue weighted by Gasteiger charge is 2.23. The Hall–Kier alpha value is -3.32. The Balaban J connectivity index is 1.65. The first-order valence-corrected chi connectivity index (χ1v) is 10.5. The molecule has 0 saturated heterocycles. The number of pyridine rings is 1. The maximum atomic E-state index is 13.9. The van der Waals surface area contributed by atoms with E-state index in [0.29, 0.717) is 22.6 Å². The molecular weight excluding hydrogens is 459 g/mol. The average Bonchev–Trinajstić information content (AvgIpc) is 3.17. The Morgan fingerprint density at radius 1 is 1.13 bits per heavy atom. The van der Waals surface area contributed by atoms with Gasteiger partial charge < -0.3 is 9.88 Å². The van der Waals surface area contributed by atoms with Crippen molar-refractivity contribution in [3.05, 3.63) is 106 Å². The van der Waals surface area contributed by atoms with E-state index in [2.05, 4.69) is 31.2 Å². The normalized spacial score (nSPS) is 11.9. The van der Waals surface area contributed by atoms with Gasteiger partial charge in [-0.25, -0.2) is 9.37 Å². The SMILES string of the molecule is Cc1nc(-c2cccc(Br)c2)ccc1C(=O)NC(c1cccc(F)c1)c1nccn1C. The van der Waals surface area contributed by atoms with Crippen molar-refractivity contribution in [3.8, 4) is 11.3 Å². The highest BCUT2D eigenvalue weighted by Crippen LogP contribution is 2.25. The first-order valence-electron chi connectivity index (χ1n) is 9.69. The summed E-state index contributed by atoms with van der Waals surface area (Å²) in [6.07, 6.45) is 3.43. The highest BCUT2D eigenvalue weighted by atomic mass is 79.9. The van der Waals surface area contributed by atoms with Gasteiger partial charge >= 0.3 is 0 Å². The average molecular weight is 479 g/mol. The minimum atomic E-state index is -0.604. The topological polar surface area (TPSA) is 59.8 Å². The number of hydrogen-bond donors (Lipinski definition) is 1. The molecule has 1 amide bonds. The molecule has 0 saturated carbocycles. The standard InChI is InChI=1S/C24H20BrFN4O/c1-15-20(9-10-21(28-15)16-5-3-7-18(25)13-16)24(31)29-22(23-27-11-12-30(23)2)17-6-4-8-19(26)14-17/h3-14,22H,1-2H3,(H,29,31). The molecule has 31 heavy (non-hydrogen) atoms. The van der Waals surface area contributed by atoms with E-state index in [-0.39, 0.29) is 11.7 Å². The summed E-state index contributed by atoms with van der Waals surface area (Å²) in [6.45, 7) is 1.80. The van der Waals surface area contributed by atoms with Gasteiger partial charge in [0.05, 0.1) is 17.0 Å². The van der Waals surface area contributed by atoms with Crippen molar-refractivity contribution < 1.29 is 9.18 Å². The Bertz CT molecular complexity index is 1250. The van der Waals surface area contributed by atoms with Gasteiger partial charge in [-0.05, 0) is 48.9 Å². The zero-order valence-electron chi connectivity index (χ0n) is 17.0. The van der Waals surface area contributed by atoms with Crippen LogP contribution in [0.3, 0.4) is 0 Å². The largest absolute Gasteiger partial charge is 0.338 e. The molecule has 4 aromatic rings. The number of nitrogens with one attached hydrogen (secondary N) is 1. The van der Waals surface area contributed by atoms with Gasteiger partial charge in [-0.2, -0.15) is 0 Å². The molecular formula is C24H20BrFN4O. The number of amides is 1. The predicted octanol–water partition coefficient (Wildman–Crippen LogP) is 5.21. The van der Waals surface area contributed by atoms with Crippen LogP contribution in [0.5, 0.6) is 0 Å². The monoisotopic (exact) mass is 478 g/mol. The lowest BCUT2D eigenvalue weighted by Crippen LogP contribution is -2.31. The second-order valence-corrected chi connectivity index (χ2v) is 8.11. The number of halogens is 2. The van der Waals surface area contributed by atoms with Crippen molar-refractivity contribution in [1.82, 2.24) is 19.9 Å². The molecule has 0 aliphatic carbocycles.